The second-order valence-electron chi connectivity index (χ2n) is 7.88. The van der Waals surface area contributed by atoms with Crippen molar-refractivity contribution in [1.82, 2.24) is 0 Å². The Labute approximate surface area is 167 Å². The fourth-order valence-corrected chi connectivity index (χ4v) is 4.45. The van der Waals surface area contributed by atoms with Crippen molar-refractivity contribution < 1.29 is 4.39 Å². The van der Waals surface area contributed by atoms with Crippen molar-refractivity contribution in [3.05, 3.63) is 90.3 Å². The molecular weight excluding hydrogens is 343 g/mol. The Morgan fingerprint density at radius 1 is 0.929 bits per heavy atom. The minimum atomic E-state index is -0.135. The quantitative estimate of drug-likeness (QED) is 0.407. The molecule has 1 aliphatic carbocycles. The molecule has 3 aromatic carbocycles. The summed E-state index contributed by atoms with van der Waals surface area (Å²) < 4.78 is 15.2. The smallest absolute Gasteiger partial charge is 0.138 e. The molecule has 28 heavy (non-hydrogen) atoms. The maximum atomic E-state index is 15.2. The Morgan fingerprint density at radius 3 is 2.36 bits per heavy atom. The van der Waals surface area contributed by atoms with Gasteiger partial charge in [-0.05, 0) is 72.6 Å². The molecule has 1 fully saturated rings. The lowest BCUT2D eigenvalue weighted by Crippen LogP contribution is -2.11. The van der Waals surface area contributed by atoms with Crippen LogP contribution in [-0.2, 0) is 0 Å². The standard InChI is InChI=1S/C27H27F/c1-3-5-20-8-16-26-24(18-20)15-17-25(27(26)28)23-13-11-22(12-14-23)21-9-6-19(4-2)7-10-21/h3-5,8,11-19,21H,2,6-7,9-10H2,1H3/b5-3+. The van der Waals surface area contributed by atoms with Crippen LogP contribution >= 0.6 is 0 Å². The third kappa shape index (κ3) is 3.67. The summed E-state index contributed by atoms with van der Waals surface area (Å²) in [5.74, 6) is 1.16. The molecule has 3 aromatic rings. The molecule has 0 heterocycles. The van der Waals surface area contributed by atoms with E-state index in [-0.39, 0.29) is 5.82 Å². The van der Waals surface area contributed by atoms with E-state index in [0.717, 1.165) is 16.5 Å². The molecule has 0 radical (unpaired) electrons. The first kappa shape index (κ1) is 18.7. The van der Waals surface area contributed by atoms with Crippen LogP contribution in [0.5, 0.6) is 0 Å². The van der Waals surface area contributed by atoms with Gasteiger partial charge in [0.2, 0.25) is 0 Å². The molecule has 0 atom stereocenters. The van der Waals surface area contributed by atoms with E-state index in [4.69, 9.17) is 0 Å². The third-order valence-corrected chi connectivity index (χ3v) is 6.14. The highest BCUT2D eigenvalue weighted by atomic mass is 19.1. The van der Waals surface area contributed by atoms with Crippen LogP contribution in [0.15, 0.2) is 73.3 Å². The van der Waals surface area contributed by atoms with E-state index in [0.29, 0.717) is 22.8 Å². The first-order valence-corrected chi connectivity index (χ1v) is 10.3. The van der Waals surface area contributed by atoms with Gasteiger partial charge in [-0.25, -0.2) is 4.39 Å². The Hall–Kier alpha value is -2.67. The molecule has 1 aliphatic rings. The summed E-state index contributed by atoms with van der Waals surface area (Å²) >= 11 is 0. The minimum absolute atomic E-state index is 0.135. The van der Waals surface area contributed by atoms with Crippen LogP contribution in [0.2, 0.25) is 0 Å². The normalized spacial score (nSPS) is 19.9. The van der Waals surface area contributed by atoms with Gasteiger partial charge in [0, 0.05) is 10.9 Å². The fraction of sp³-hybridized carbons (Fsp3) is 0.259. The zero-order valence-electron chi connectivity index (χ0n) is 16.5. The van der Waals surface area contributed by atoms with E-state index in [2.05, 4.69) is 36.9 Å². The van der Waals surface area contributed by atoms with Gasteiger partial charge in [-0.3, -0.25) is 0 Å². The molecule has 0 N–H and O–H groups in total. The predicted octanol–water partition coefficient (Wildman–Crippen LogP) is 8.14. The molecular formula is C27H27F. The van der Waals surface area contributed by atoms with E-state index < -0.39 is 0 Å². The van der Waals surface area contributed by atoms with Gasteiger partial charge in [-0.1, -0.05) is 66.8 Å². The van der Waals surface area contributed by atoms with E-state index in [1.54, 1.807) is 0 Å². The van der Waals surface area contributed by atoms with Crippen molar-refractivity contribution >= 4 is 16.8 Å². The van der Waals surface area contributed by atoms with Crippen LogP contribution in [0.4, 0.5) is 4.39 Å². The topological polar surface area (TPSA) is 0 Å². The monoisotopic (exact) mass is 370 g/mol. The molecule has 0 nitrogen and oxygen atoms in total. The predicted molar refractivity (Wildman–Crippen MR) is 119 cm³/mol. The SMILES string of the molecule is C=CC1CCC(c2ccc(-c3ccc4cc(/C=C/C)ccc4c3F)cc2)CC1. The van der Waals surface area contributed by atoms with Crippen molar-refractivity contribution in [2.24, 2.45) is 5.92 Å². The van der Waals surface area contributed by atoms with Gasteiger partial charge < -0.3 is 0 Å². The average molecular weight is 371 g/mol. The Balaban J connectivity index is 1.60. The number of hydrogen-bond acceptors (Lipinski definition) is 0. The Bertz CT molecular complexity index is 1000. The molecule has 4 rings (SSSR count). The van der Waals surface area contributed by atoms with Gasteiger partial charge in [0.15, 0.2) is 0 Å². The van der Waals surface area contributed by atoms with E-state index in [9.17, 15) is 0 Å². The minimum Gasteiger partial charge on any atom is -0.206 e. The van der Waals surface area contributed by atoms with E-state index in [1.807, 2.05) is 49.4 Å². The molecule has 0 spiro atoms. The molecule has 1 saturated carbocycles. The molecule has 0 unspecified atom stereocenters. The van der Waals surface area contributed by atoms with Gasteiger partial charge in [0.1, 0.15) is 5.82 Å². The summed E-state index contributed by atoms with van der Waals surface area (Å²) in [6.45, 7) is 5.92. The maximum absolute atomic E-state index is 15.2. The second-order valence-corrected chi connectivity index (χ2v) is 7.88. The highest BCUT2D eigenvalue weighted by Crippen LogP contribution is 2.37. The first-order chi connectivity index (χ1) is 13.7. The number of rotatable bonds is 4. The average Bonchev–Trinajstić information content (AvgIpc) is 2.74. The second kappa shape index (κ2) is 8.14. The number of fused-ring (bicyclic) bond motifs is 1. The lowest BCUT2D eigenvalue weighted by molar-refractivity contribution is 0.376. The summed E-state index contributed by atoms with van der Waals surface area (Å²) in [5.41, 5.74) is 4.09. The largest absolute Gasteiger partial charge is 0.206 e. The van der Waals surface area contributed by atoms with E-state index in [1.165, 1.54) is 31.2 Å². The zero-order chi connectivity index (χ0) is 19.5. The van der Waals surface area contributed by atoms with Crippen molar-refractivity contribution in [3.8, 4) is 11.1 Å². The summed E-state index contributed by atoms with van der Waals surface area (Å²) in [6, 6.07) is 18.3. The summed E-state index contributed by atoms with van der Waals surface area (Å²) in [7, 11) is 0. The lowest BCUT2D eigenvalue weighted by Gasteiger charge is -2.27. The van der Waals surface area contributed by atoms with Crippen molar-refractivity contribution in [3.63, 3.8) is 0 Å². The molecule has 1 heteroatoms. The van der Waals surface area contributed by atoms with Crippen molar-refractivity contribution in [2.75, 3.05) is 0 Å². The van der Waals surface area contributed by atoms with Gasteiger partial charge in [-0.15, -0.1) is 6.58 Å². The summed E-state index contributed by atoms with van der Waals surface area (Å²) in [5, 5.41) is 1.62. The highest BCUT2D eigenvalue weighted by molar-refractivity contribution is 5.89. The summed E-state index contributed by atoms with van der Waals surface area (Å²) in [4.78, 5) is 0. The van der Waals surface area contributed by atoms with Crippen LogP contribution in [0.25, 0.3) is 28.0 Å². The maximum Gasteiger partial charge on any atom is 0.138 e. The number of halogens is 1. The number of allylic oxidation sites excluding steroid dienone is 2. The van der Waals surface area contributed by atoms with E-state index >= 15 is 4.39 Å². The Morgan fingerprint density at radius 2 is 1.68 bits per heavy atom. The lowest BCUT2D eigenvalue weighted by atomic mass is 9.78. The van der Waals surface area contributed by atoms with Crippen LogP contribution in [0.3, 0.4) is 0 Å². The third-order valence-electron chi connectivity index (χ3n) is 6.14. The molecule has 0 bridgehead atoms. The van der Waals surface area contributed by atoms with Crippen LogP contribution in [-0.4, -0.2) is 0 Å². The van der Waals surface area contributed by atoms with Gasteiger partial charge in [-0.2, -0.15) is 0 Å². The van der Waals surface area contributed by atoms with Crippen molar-refractivity contribution in [2.45, 2.75) is 38.5 Å². The molecule has 142 valence electrons. The fourth-order valence-electron chi connectivity index (χ4n) is 4.45. The van der Waals surface area contributed by atoms with Crippen LogP contribution in [0.1, 0.15) is 49.7 Å². The van der Waals surface area contributed by atoms with Gasteiger partial charge in [0.05, 0.1) is 0 Å². The number of hydrogen-bond donors (Lipinski definition) is 0. The van der Waals surface area contributed by atoms with Gasteiger partial charge in [0.25, 0.3) is 0 Å². The van der Waals surface area contributed by atoms with Gasteiger partial charge >= 0.3 is 0 Å². The van der Waals surface area contributed by atoms with Crippen LogP contribution in [0, 0.1) is 11.7 Å². The zero-order valence-corrected chi connectivity index (χ0v) is 16.5. The van der Waals surface area contributed by atoms with Crippen molar-refractivity contribution in [1.29, 1.82) is 0 Å². The Kier molecular flexibility index (Phi) is 5.43. The summed E-state index contributed by atoms with van der Waals surface area (Å²) in [6.07, 6.45) is 11.0. The first-order valence-electron chi connectivity index (χ1n) is 10.3. The molecule has 0 saturated heterocycles. The molecule has 0 aliphatic heterocycles. The molecule has 0 amide bonds. The number of benzene rings is 3. The van der Waals surface area contributed by atoms with Crippen LogP contribution < -0.4 is 0 Å². The molecule has 0 aromatic heterocycles. The highest BCUT2D eigenvalue weighted by Gasteiger charge is 2.20.